The highest BCUT2D eigenvalue weighted by atomic mass is 16.3. The van der Waals surface area contributed by atoms with E-state index >= 15 is 0 Å². The quantitative estimate of drug-likeness (QED) is 0.523. The number of phenols is 2. The van der Waals surface area contributed by atoms with Gasteiger partial charge in [0, 0.05) is 36.0 Å². The molecule has 2 aliphatic rings. The number of fused-ring (bicyclic) bond motifs is 1. The number of nitrogens with one attached hydrogen (secondary N) is 2. The Balaban J connectivity index is 1.70. The Morgan fingerprint density at radius 1 is 1.19 bits per heavy atom. The van der Waals surface area contributed by atoms with Crippen LogP contribution in [0.4, 0.5) is 0 Å². The fourth-order valence-electron chi connectivity index (χ4n) is 6.77. The van der Waals surface area contributed by atoms with Gasteiger partial charge in [0.1, 0.15) is 17.3 Å². The molecule has 2 aliphatic carbocycles. The number of carbonyl (C=O) groups excluding carboxylic acids is 1. The first-order valence-corrected chi connectivity index (χ1v) is 11.4. The van der Waals surface area contributed by atoms with Crippen LogP contribution in [0.15, 0.2) is 30.6 Å². The molecule has 2 aromatic rings. The number of phenolic OH excluding ortho intramolecular Hbond substituents is 2. The van der Waals surface area contributed by atoms with Gasteiger partial charge in [0.15, 0.2) is 5.78 Å². The Hall–Kier alpha value is -2.34. The minimum Gasteiger partial charge on any atom is -0.508 e. The predicted molar refractivity (Wildman–Crippen MR) is 120 cm³/mol. The minimum atomic E-state index is -0.193. The number of aromatic nitrogens is 2. The topological polar surface area (TPSA) is 98.2 Å². The van der Waals surface area contributed by atoms with Crippen molar-refractivity contribution in [2.75, 3.05) is 0 Å². The number of ketones is 1. The van der Waals surface area contributed by atoms with E-state index in [0.29, 0.717) is 18.0 Å². The molecule has 0 bridgehead atoms. The van der Waals surface area contributed by atoms with Crippen molar-refractivity contribution in [3.05, 3.63) is 42.0 Å². The van der Waals surface area contributed by atoms with Crippen LogP contribution in [0, 0.1) is 28.6 Å². The first-order valence-electron chi connectivity index (χ1n) is 11.4. The summed E-state index contributed by atoms with van der Waals surface area (Å²) in [5.41, 5.74) is 0.420. The molecule has 5 unspecified atom stereocenters. The van der Waals surface area contributed by atoms with Crippen molar-refractivity contribution in [3.8, 4) is 11.5 Å². The maximum Gasteiger partial charge on any atom is 0.167 e. The maximum atomic E-state index is 13.9. The Bertz CT molecular complexity index is 919. The van der Waals surface area contributed by atoms with Gasteiger partial charge in [-0.3, -0.25) is 4.79 Å². The molecule has 2 fully saturated rings. The van der Waals surface area contributed by atoms with Crippen LogP contribution in [0.25, 0.3) is 0 Å². The zero-order valence-corrected chi connectivity index (χ0v) is 19.0. The average Bonchev–Trinajstić information content (AvgIpc) is 3.19. The number of aromatic amines is 1. The van der Waals surface area contributed by atoms with Crippen molar-refractivity contribution < 1.29 is 15.0 Å². The second-order valence-electron chi connectivity index (χ2n) is 10.6. The molecule has 0 saturated heterocycles. The number of nitrogens with zero attached hydrogens (tertiary/aromatic N) is 1. The summed E-state index contributed by atoms with van der Waals surface area (Å²) >= 11 is 0. The van der Waals surface area contributed by atoms with Crippen molar-refractivity contribution in [1.29, 1.82) is 0 Å². The Labute approximate surface area is 184 Å². The van der Waals surface area contributed by atoms with Gasteiger partial charge in [0.25, 0.3) is 0 Å². The summed E-state index contributed by atoms with van der Waals surface area (Å²) in [6.07, 6.45) is 7.91. The van der Waals surface area contributed by atoms with Gasteiger partial charge in [-0.05, 0) is 54.1 Å². The van der Waals surface area contributed by atoms with E-state index in [1.54, 1.807) is 6.20 Å². The second-order valence-corrected chi connectivity index (χ2v) is 10.6. The molecular formula is C25H35N3O3. The normalized spacial score (nSPS) is 32.4. The number of aromatic hydroxyl groups is 2. The van der Waals surface area contributed by atoms with Gasteiger partial charge in [-0.1, -0.05) is 34.1 Å². The lowest BCUT2D eigenvalue weighted by Crippen LogP contribution is -2.60. The molecule has 2 saturated carbocycles. The van der Waals surface area contributed by atoms with E-state index in [-0.39, 0.29) is 46.0 Å². The lowest BCUT2D eigenvalue weighted by Gasteiger charge is -2.60. The number of hydrogen-bond acceptors (Lipinski definition) is 5. The first-order chi connectivity index (χ1) is 14.6. The summed E-state index contributed by atoms with van der Waals surface area (Å²) < 4.78 is 0. The summed E-state index contributed by atoms with van der Waals surface area (Å²) in [6, 6.07) is 4.42. The Morgan fingerprint density at radius 2 is 1.90 bits per heavy atom. The molecule has 6 heteroatoms. The molecule has 6 nitrogen and oxygen atoms in total. The van der Waals surface area contributed by atoms with Crippen LogP contribution < -0.4 is 5.32 Å². The maximum absolute atomic E-state index is 13.9. The van der Waals surface area contributed by atoms with Crippen LogP contribution in [0.1, 0.15) is 69.6 Å². The molecule has 1 aromatic heterocycles. The van der Waals surface area contributed by atoms with Crippen LogP contribution in [0.2, 0.25) is 0 Å². The third-order valence-electron chi connectivity index (χ3n) is 8.19. The molecule has 4 rings (SSSR count). The van der Waals surface area contributed by atoms with E-state index in [4.69, 9.17) is 0 Å². The van der Waals surface area contributed by atoms with Gasteiger partial charge >= 0.3 is 0 Å². The number of H-pyrrole nitrogens is 1. The van der Waals surface area contributed by atoms with E-state index in [2.05, 4.69) is 43.0 Å². The van der Waals surface area contributed by atoms with Crippen LogP contribution in [0.3, 0.4) is 0 Å². The molecule has 1 heterocycles. The lowest BCUT2D eigenvalue weighted by molar-refractivity contribution is -0.0917. The Morgan fingerprint density at radius 3 is 2.55 bits per heavy atom. The summed E-state index contributed by atoms with van der Waals surface area (Å²) in [4.78, 5) is 21.4. The van der Waals surface area contributed by atoms with Gasteiger partial charge in [-0.15, -0.1) is 0 Å². The second kappa shape index (κ2) is 7.97. The molecule has 0 aliphatic heterocycles. The number of benzene rings is 1. The van der Waals surface area contributed by atoms with Crippen LogP contribution in [-0.2, 0) is 6.54 Å². The molecule has 0 radical (unpaired) electrons. The van der Waals surface area contributed by atoms with Crippen molar-refractivity contribution >= 4 is 5.78 Å². The highest BCUT2D eigenvalue weighted by Crippen LogP contribution is 2.61. The Kier molecular flexibility index (Phi) is 5.63. The largest absolute Gasteiger partial charge is 0.508 e. The van der Waals surface area contributed by atoms with Crippen LogP contribution >= 0.6 is 0 Å². The third kappa shape index (κ3) is 3.98. The highest BCUT2D eigenvalue weighted by molar-refractivity contribution is 5.99. The summed E-state index contributed by atoms with van der Waals surface area (Å²) in [6.45, 7) is 9.80. The van der Waals surface area contributed by atoms with Crippen molar-refractivity contribution in [1.82, 2.24) is 15.3 Å². The highest BCUT2D eigenvalue weighted by Gasteiger charge is 2.58. The van der Waals surface area contributed by atoms with Crippen molar-refractivity contribution in [3.63, 3.8) is 0 Å². The fraction of sp³-hybridized carbons (Fsp3) is 0.600. The van der Waals surface area contributed by atoms with Crippen LogP contribution in [0.5, 0.6) is 11.5 Å². The molecule has 0 spiro atoms. The van der Waals surface area contributed by atoms with E-state index in [9.17, 15) is 15.0 Å². The molecule has 31 heavy (non-hydrogen) atoms. The molecule has 168 valence electrons. The SMILES string of the molecule is CC1C(NCc2ncc[nH]2)CC2C(C)(C)CCCC2(C)C1C(=O)c1cc(O)cc(O)c1. The fourth-order valence-corrected chi connectivity index (χ4v) is 6.77. The predicted octanol–water partition coefficient (Wildman–Crippen LogP) is 4.65. The van der Waals surface area contributed by atoms with E-state index < -0.39 is 0 Å². The van der Waals surface area contributed by atoms with Gasteiger partial charge in [-0.25, -0.2) is 4.98 Å². The number of imidazole rings is 1. The molecule has 1 aromatic carbocycles. The zero-order chi connectivity index (χ0) is 22.4. The van der Waals surface area contributed by atoms with Crippen molar-refractivity contribution in [2.24, 2.45) is 28.6 Å². The van der Waals surface area contributed by atoms with Gasteiger partial charge < -0.3 is 20.5 Å². The van der Waals surface area contributed by atoms with E-state index in [1.165, 1.54) is 24.6 Å². The minimum absolute atomic E-state index is 0.0217. The smallest absolute Gasteiger partial charge is 0.167 e. The van der Waals surface area contributed by atoms with Crippen LogP contribution in [-0.4, -0.2) is 32.0 Å². The standard InChI is InChI=1S/C25H35N3O3/c1-15-19(28-14-21-26-8-9-27-21)13-20-24(2,3)6-5-7-25(20,4)22(15)23(31)16-10-17(29)12-18(30)11-16/h8-12,15,19-20,22,28-30H,5-7,13-14H2,1-4H3,(H,26,27). The van der Waals surface area contributed by atoms with Gasteiger partial charge in [0.05, 0.1) is 6.54 Å². The lowest BCUT2D eigenvalue weighted by atomic mass is 9.45. The number of hydrogen-bond donors (Lipinski definition) is 4. The zero-order valence-electron chi connectivity index (χ0n) is 19.0. The molecule has 0 amide bonds. The van der Waals surface area contributed by atoms with E-state index in [1.807, 2.05) is 6.20 Å². The van der Waals surface area contributed by atoms with Gasteiger partial charge in [-0.2, -0.15) is 0 Å². The van der Waals surface area contributed by atoms with Gasteiger partial charge in [0.2, 0.25) is 0 Å². The molecule has 4 N–H and O–H groups in total. The summed E-state index contributed by atoms with van der Waals surface area (Å²) in [5.74, 6) is 1.08. The summed E-state index contributed by atoms with van der Waals surface area (Å²) in [5, 5.41) is 23.7. The average molecular weight is 426 g/mol. The number of rotatable bonds is 5. The summed E-state index contributed by atoms with van der Waals surface area (Å²) in [7, 11) is 0. The first kappa shape index (κ1) is 21.9. The monoisotopic (exact) mass is 425 g/mol. The number of Topliss-reactive ketones (excluding diaryl/α,β-unsaturated/α-hetero) is 1. The third-order valence-corrected chi connectivity index (χ3v) is 8.19. The molecule has 5 atom stereocenters. The molecular weight excluding hydrogens is 390 g/mol. The van der Waals surface area contributed by atoms with Crippen molar-refractivity contribution in [2.45, 2.75) is 66.0 Å². The van der Waals surface area contributed by atoms with E-state index in [0.717, 1.165) is 25.1 Å². The number of carbonyl (C=O) groups is 1.